The van der Waals surface area contributed by atoms with Crippen LogP contribution in [0.1, 0.15) is 40.7 Å². The first kappa shape index (κ1) is 17.5. The topological polar surface area (TPSA) is 102 Å². The van der Waals surface area contributed by atoms with Gasteiger partial charge in [-0.15, -0.1) is 0 Å². The van der Waals surface area contributed by atoms with E-state index in [0.29, 0.717) is 30.1 Å². The van der Waals surface area contributed by atoms with Crippen LogP contribution >= 0.6 is 0 Å². The van der Waals surface area contributed by atoms with Crippen LogP contribution in [0.25, 0.3) is 0 Å². The zero-order chi connectivity index (χ0) is 17.7. The summed E-state index contributed by atoms with van der Waals surface area (Å²) in [5, 5.41) is 15.3. The number of ether oxygens (including phenoxy) is 1. The van der Waals surface area contributed by atoms with Gasteiger partial charge in [0, 0.05) is 5.56 Å². The molecule has 0 aliphatic heterocycles. The number of carbonyl (C=O) groups excluding carboxylic acids is 1. The van der Waals surface area contributed by atoms with Gasteiger partial charge in [0.15, 0.2) is 0 Å². The number of carboxylic acid groups (broad SMARTS) is 1. The maximum absolute atomic E-state index is 12.0. The van der Waals surface area contributed by atoms with Crippen molar-refractivity contribution < 1.29 is 24.0 Å². The monoisotopic (exact) mass is 332 g/mol. The van der Waals surface area contributed by atoms with Gasteiger partial charge in [0.1, 0.15) is 24.2 Å². The number of nitrogens with zero attached hydrogens (tertiary/aromatic N) is 1. The lowest BCUT2D eigenvalue weighted by Crippen LogP contribution is -2.40. The van der Waals surface area contributed by atoms with E-state index in [1.807, 2.05) is 13.8 Å². The summed E-state index contributed by atoms with van der Waals surface area (Å²) in [6, 6.07) is 5.61. The molecule has 0 saturated heterocycles. The Kier molecular flexibility index (Phi) is 5.57. The first-order valence-corrected chi connectivity index (χ1v) is 7.60. The van der Waals surface area contributed by atoms with Gasteiger partial charge in [-0.1, -0.05) is 12.1 Å². The average molecular weight is 332 g/mol. The summed E-state index contributed by atoms with van der Waals surface area (Å²) in [4.78, 5) is 23.0. The average Bonchev–Trinajstić information content (AvgIpc) is 2.89. The predicted molar refractivity (Wildman–Crippen MR) is 85.9 cm³/mol. The molecule has 2 aromatic rings. The van der Waals surface area contributed by atoms with Crippen molar-refractivity contribution in [2.75, 3.05) is 0 Å². The van der Waals surface area contributed by atoms with Crippen LogP contribution in [0.4, 0.5) is 0 Å². The Hall–Kier alpha value is -2.83. The third-order valence-electron chi connectivity index (χ3n) is 3.69. The number of aliphatic carboxylic acids is 1. The molecule has 1 aromatic heterocycles. The number of carbonyl (C=O) groups is 2. The summed E-state index contributed by atoms with van der Waals surface area (Å²) in [7, 11) is 0. The zero-order valence-corrected chi connectivity index (χ0v) is 13.8. The lowest BCUT2D eigenvalue weighted by Gasteiger charge is -2.12. The molecule has 0 aliphatic rings. The number of nitrogens with one attached hydrogen (secondary N) is 1. The summed E-state index contributed by atoms with van der Waals surface area (Å²) in [5.41, 5.74) is 2.05. The summed E-state index contributed by atoms with van der Waals surface area (Å²) < 4.78 is 10.7. The van der Waals surface area contributed by atoms with Crippen LogP contribution < -0.4 is 10.1 Å². The van der Waals surface area contributed by atoms with E-state index in [9.17, 15) is 9.59 Å². The lowest BCUT2D eigenvalue weighted by molar-refractivity contribution is -0.139. The highest BCUT2D eigenvalue weighted by atomic mass is 16.5. The molecular formula is C17H20N2O5. The van der Waals surface area contributed by atoms with Crippen molar-refractivity contribution in [1.29, 1.82) is 0 Å². The van der Waals surface area contributed by atoms with E-state index in [1.165, 1.54) is 0 Å². The highest BCUT2D eigenvalue weighted by Gasteiger charge is 2.18. The number of hydrogen-bond acceptors (Lipinski definition) is 5. The highest BCUT2D eigenvalue weighted by Crippen LogP contribution is 2.18. The van der Waals surface area contributed by atoms with Gasteiger partial charge in [0.2, 0.25) is 0 Å². The summed E-state index contributed by atoms with van der Waals surface area (Å²) in [6.45, 7) is 5.68. The van der Waals surface area contributed by atoms with Crippen LogP contribution in [0.15, 0.2) is 28.8 Å². The minimum absolute atomic E-state index is 0.319. The molecule has 1 heterocycles. The van der Waals surface area contributed by atoms with Crippen LogP contribution in [0.2, 0.25) is 0 Å². The molecule has 0 spiro atoms. The van der Waals surface area contributed by atoms with E-state index in [-0.39, 0.29) is 0 Å². The Morgan fingerprint density at radius 1 is 1.29 bits per heavy atom. The number of benzene rings is 1. The normalized spacial score (nSPS) is 11.8. The van der Waals surface area contributed by atoms with Gasteiger partial charge in [0.05, 0.1) is 11.3 Å². The van der Waals surface area contributed by atoms with Crippen molar-refractivity contribution in [1.82, 2.24) is 10.5 Å². The minimum Gasteiger partial charge on any atom is -0.489 e. The van der Waals surface area contributed by atoms with Gasteiger partial charge in [-0.2, -0.15) is 0 Å². The fourth-order valence-corrected chi connectivity index (χ4v) is 2.15. The molecule has 2 rings (SSSR count). The van der Waals surface area contributed by atoms with Gasteiger partial charge in [-0.3, -0.25) is 4.79 Å². The standard InChI is InChI=1S/C17H20N2O5/c1-4-15(17(21)22)18-16(20)12-5-7-13(8-6-12)23-9-14-10(2)19-24-11(14)3/h5-8,15H,4,9H2,1-3H3,(H,18,20)(H,21,22). The molecule has 1 atom stereocenters. The van der Waals surface area contributed by atoms with Crippen LogP contribution in [-0.2, 0) is 11.4 Å². The van der Waals surface area contributed by atoms with E-state index in [1.54, 1.807) is 31.2 Å². The second kappa shape index (κ2) is 7.63. The SMILES string of the molecule is CCC(NC(=O)c1ccc(OCc2c(C)noc2C)cc1)C(=O)O. The first-order chi connectivity index (χ1) is 11.4. The molecule has 0 fully saturated rings. The predicted octanol–water partition coefficient (Wildman–Crippen LogP) is 2.46. The Balaban J connectivity index is 1.97. The van der Waals surface area contributed by atoms with Gasteiger partial charge in [-0.25, -0.2) is 4.79 Å². The maximum Gasteiger partial charge on any atom is 0.326 e. The van der Waals surface area contributed by atoms with E-state index in [0.717, 1.165) is 11.3 Å². The number of aryl methyl sites for hydroxylation is 2. The number of hydrogen-bond donors (Lipinski definition) is 2. The van der Waals surface area contributed by atoms with Crippen LogP contribution in [0, 0.1) is 13.8 Å². The maximum atomic E-state index is 12.0. The Bertz CT molecular complexity index is 702. The third kappa shape index (κ3) is 4.13. The zero-order valence-electron chi connectivity index (χ0n) is 13.8. The van der Waals surface area contributed by atoms with Crippen molar-refractivity contribution in [3.63, 3.8) is 0 Å². The van der Waals surface area contributed by atoms with Crippen LogP contribution in [-0.4, -0.2) is 28.2 Å². The molecule has 7 nitrogen and oxygen atoms in total. The van der Waals surface area contributed by atoms with E-state index in [2.05, 4.69) is 10.5 Å². The van der Waals surface area contributed by atoms with E-state index < -0.39 is 17.9 Å². The fourth-order valence-electron chi connectivity index (χ4n) is 2.15. The van der Waals surface area contributed by atoms with Crippen molar-refractivity contribution in [3.8, 4) is 5.75 Å². The largest absolute Gasteiger partial charge is 0.489 e. The molecule has 0 bridgehead atoms. The van der Waals surface area contributed by atoms with Crippen LogP contribution in [0.5, 0.6) is 5.75 Å². The van der Waals surface area contributed by atoms with Gasteiger partial charge < -0.3 is 19.7 Å². The number of carboxylic acids is 1. The number of rotatable bonds is 7. The summed E-state index contributed by atoms with van der Waals surface area (Å²) in [5.74, 6) is -0.175. The highest BCUT2D eigenvalue weighted by molar-refractivity contribution is 5.96. The molecule has 0 aliphatic carbocycles. The molecule has 0 saturated carbocycles. The third-order valence-corrected chi connectivity index (χ3v) is 3.69. The molecule has 1 unspecified atom stereocenters. The molecule has 24 heavy (non-hydrogen) atoms. The van der Waals surface area contributed by atoms with E-state index in [4.69, 9.17) is 14.4 Å². The van der Waals surface area contributed by atoms with Crippen molar-refractivity contribution >= 4 is 11.9 Å². The van der Waals surface area contributed by atoms with Gasteiger partial charge >= 0.3 is 5.97 Å². The molecule has 2 N–H and O–H groups in total. The molecule has 1 aromatic carbocycles. The van der Waals surface area contributed by atoms with Crippen molar-refractivity contribution in [3.05, 3.63) is 46.8 Å². The van der Waals surface area contributed by atoms with Crippen molar-refractivity contribution in [2.45, 2.75) is 39.8 Å². The minimum atomic E-state index is -1.05. The lowest BCUT2D eigenvalue weighted by atomic mass is 10.1. The molecule has 7 heteroatoms. The summed E-state index contributed by atoms with van der Waals surface area (Å²) >= 11 is 0. The van der Waals surface area contributed by atoms with Gasteiger partial charge in [0.25, 0.3) is 5.91 Å². The molecular weight excluding hydrogens is 312 g/mol. The van der Waals surface area contributed by atoms with Crippen molar-refractivity contribution in [2.24, 2.45) is 0 Å². The second-order valence-corrected chi connectivity index (χ2v) is 5.39. The Labute approximate surface area is 139 Å². The number of amides is 1. The molecule has 128 valence electrons. The van der Waals surface area contributed by atoms with Gasteiger partial charge in [-0.05, 0) is 44.5 Å². The van der Waals surface area contributed by atoms with Crippen LogP contribution in [0.3, 0.4) is 0 Å². The second-order valence-electron chi connectivity index (χ2n) is 5.39. The molecule has 1 amide bonds. The number of aromatic nitrogens is 1. The first-order valence-electron chi connectivity index (χ1n) is 7.60. The quantitative estimate of drug-likeness (QED) is 0.807. The van der Waals surface area contributed by atoms with E-state index >= 15 is 0 Å². The molecule has 0 radical (unpaired) electrons. The Morgan fingerprint density at radius 3 is 2.46 bits per heavy atom. The Morgan fingerprint density at radius 2 is 1.96 bits per heavy atom. The fraction of sp³-hybridized carbons (Fsp3) is 0.353. The smallest absolute Gasteiger partial charge is 0.326 e. The summed E-state index contributed by atoms with van der Waals surface area (Å²) in [6.07, 6.45) is 0.319.